The van der Waals surface area contributed by atoms with Crippen molar-refractivity contribution in [1.29, 1.82) is 0 Å². The van der Waals surface area contributed by atoms with Crippen LogP contribution in [0.4, 0.5) is 22.0 Å². The third kappa shape index (κ3) is 1.23. The van der Waals surface area contributed by atoms with Crippen molar-refractivity contribution in [3.8, 4) is 0 Å². The lowest BCUT2D eigenvalue weighted by molar-refractivity contribution is -0.293. The molecular formula is C4HF5N2O. The Bertz CT molecular complexity index is 253. The topological polar surface area (TPSA) is 38.9 Å². The molecule has 0 bridgehead atoms. The van der Waals surface area contributed by atoms with E-state index in [1.165, 1.54) is 0 Å². The van der Waals surface area contributed by atoms with E-state index in [1.54, 1.807) is 0 Å². The van der Waals surface area contributed by atoms with E-state index in [0.29, 0.717) is 6.39 Å². The maximum absolute atomic E-state index is 12.2. The van der Waals surface area contributed by atoms with Gasteiger partial charge in [-0.2, -0.15) is 26.9 Å². The highest BCUT2D eigenvalue weighted by Crippen LogP contribution is 2.41. The molecule has 0 aliphatic heterocycles. The van der Waals surface area contributed by atoms with Crippen LogP contribution in [0.25, 0.3) is 0 Å². The molecule has 0 aliphatic carbocycles. The molecule has 0 unspecified atom stereocenters. The van der Waals surface area contributed by atoms with Crippen LogP contribution in [0, 0.1) is 0 Å². The smallest absolute Gasteiger partial charge is 0.343 e. The van der Waals surface area contributed by atoms with Gasteiger partial charge in [0.15, 0.2) is 0 Å². The highest BCUT2D eigenvalue weighted by Gasteiger charge is 2.61. The molecule has 0 N–H and O–H groups in total. The zero-order chi connectivity index (χ0) is 9.41. The molecule has 8 heteroatoms. The summed E-state index contributed by atoms with van der Waals surface area (Å²) in [7, 11) is 0. The van der Waals surface area contributed by atoms with E-state index >= 15 is 0 Å². The van der Waals surface area contributed by atoms with E-state index in [9.17, 15) is 22.0 Å². The predicted molar refractivity (Wildman–Crippen MR) is 24.2 cm³/mol. The van der Waals surface area contributed by atoms with Crippen LogP contribution in [0.15, 0.2) is 10.9 Å². The average Bonchev–Trinajstić information content (AvgIpc) is 2.34. The van der Waals surface area contributed by atoms with Crippen molar-refractivity contribution in [1.82, 2.24) is 10.1 Å². The number of nitrogens with zero attached hydrogens (tertiary/aromatic N) is 2. The molecule has 0 aromatic carbocycles. The van der Waals surface area contributed by atoms with Crippen LogP contribution in [-0.4, -0.2) is 16.3 Å². The maximum Gasteiger partial charge on any atom is 0.461 e. The van der Waals surface area contributed by atoms with Gasteiger partial charge in [0.25, 0.3) is 5.82 Å². The lowest BCUT2D eigenvalue weighted by atomic mass is 10.3. The summed E-state index contributed by atoms with van der Waals surface area (Å²) < 4.78 is 62.7. The van der Waals surface area contributed by atoms with Crippen molar-refractivity contribution in [2.24, 2.45) is 0 Å². The minimum atomic E-state index is -5.70. The Labute approximate surface area is 62.2 Å². The van der Waals surface area contributed by atoms with Gasteiger partial charge >= 0.3 is 12.1 Å². The van der Waals surface area contributed by atoms with Crippen molar-refractivity contribution in [2.45, 2.75) is 12.1 Å². The molecule has 1 rings (SSSR count). The molecular weight excluding hydrogens is 187 g/mol. The average molecular weight is 188 g/mol. The van der Waals surface area contributed by atoms with Gasteiger partial charge in [-0.3, -0.25) is 0 Å². The first-order valence-electron chi connectivity index (χ1n) is 2.57. The lowest BCUT2D eigenvalue weighted by Crippen LogP contribution is -2.34. The van der Waals surface area contributed by atoms with Crippen LogP contribution in [0.1, 0.15) is 5.82 Å². The Kier molecular flexibility index (Phi) is 1.77. The first kappa shape index (κ1) is 8.88. The number of hydrogen-bond acceptors (Lipinski definition) is 3. The van der Waals surface area contributed by atoms with E-state index in [-0.39, 0.29) is 0 Å². The van der Waals surface area contributed by atoms with Crippen LogP contribution in [0.3, 0.4) is 0 Å². The maximum atomic E-state index is 12.2. The molecule has 0 amide bonds. The van der Waals surface area contributed by atoms with Gasteiger partial charge in [0, 0.05) is 0 Å². The summed E-state index contributed by atoms with van der Waals surface area (Å²) in [6, 6.07) is 0. The summed E-state index contributed by atoms with van der Waals surface area (Å²) in [6.07, 6.45) is -5.30. The van der Waals surface area contributed by atoms with E-state index in [1.807, 2.05) is 0 Å². The van der Waals surface area contributed by atoms with Gasteiger partial charge < -0.3 is 4.52 Å². The first-order chi connectivity index (χ1) is 5.36. The van der Waals surface area contributed by atoms with Crippen molar-refractivity contribution < 1.29 is 26.5 Å². The monoisotopic (exact) mass is 188 g/mol. The number of hydrogen-bond donors (Lipinski definition) is 0. The summed E-state index contributed by atoms with van der Waals surface area (Å²) in [5, 5.41) is 2.40. The number of alkyl halides is 5. The summed E-state index contributed by atoms with van der Waals surface area (Å²) in [5.41, 5.74) is 0. The van der Waals surface area contributed by atoms with Gasteiger partial charge in [0.05, 0.1) is 0 Å². The van der Waals surface area contributed by atoms with Gasteiger partial charge in [-0.25, -0.2) is 0 Å². The lowest BCUT2D eigenvalue weighted by Gasteiger charge is -2.14. The van der Waals surface area contributed by atoms with Crippen LogP contribution >= 0.6 is 0 Å². The fourth-order valence-corrected chi connectivity index (χ4v) is 0.436. The third-order valence-corrected chi connectivity index (χ3v) is 0.998. The van der Waals surface area contributed by atoms with Crippen molar-refractivity contribution in [3.63, 3.8) is 0 Å². The minimum Gasteiger partial charge on any atom is -0.343 e. The zero-order valence-corrected chi connectivity index (χ0v) is 5.27. The molecule has 1 heterocycles. The standard InChI is InChI=1S/C4HF5N2O/c5-3(6,4(7,8)9)2-10-1-12-11-2/h1H. The molecule has 0 radical (unpaired) electrons. The highest BCUT2D eigenvalue weighted by atomic mass is 19.4. The van der Waals surface area contributed by atoms with Crippen LogP contribution in [0.2, 0.25) is 0 Å². The molecule has 0 fully saturated rings. The van der Waals surface area contributed by atoms with E-state index in [0.717, 1.165) is 0 Å². The SMILES string of the molecule is FC(F)(F)C(F)(F)c1ncon1. The molecule has 1 aromatic rings. The second kappa shape index (κ2) is 2.39. The second-order valence-electron chi connectivity index (χ2n) is 1.83. The molecule has 0 saturated heterocycles. The number of rotatable bonds is 1. The number of aromatic nitrogens is 2. The normalized spacial score (nSPS) is 13.4. The van der Waals surface area contributed by atoms with Crippen molar-refractivity contribution >= 4 is 0 Å². The molecule has 68 valence electrons. The second-order valence-corrected chi connectivity index (χ2v) is 1.83. The molecule has 0 aliphatic rings. The molecule has 0 spiro atoms. The minimum absolute atomic E-state index is 0.398. The molecule has 3 nitrogen and oxygen atoms in total. The van der Waals surface area contributed by atoms with Gasteiger partial charge in [0.1, 0.15) is 0 Å². The highest BCUT2D eigenvalue weighted by molar-refractivity contribution is 4.95. The Morgan fingerprint density at radius 3 is 2.08 bits per heavy atom. The Morgan fingerprint density at radius 1 is 1.17 bits per heavy atom. The summed E-state index contributed by atoms with van der Waals surface area (Å²) in [4.78, 5) is 2.61. The molecule has 12 heavy (non-hydrogen) atoms. The first-order valence-corrected chi connectivity index (χ1v) is 2.57. The fourth-order valence-electron chi connectivity index (χ4n) is 0.436. The van der Waals surface area contributed by atoms with Gasteiger partial charge in [-0.1, -0.05) is 5.16 Å². The van der Waals surface area contributed by atoms with E-state index < -0.39 is 17.9 Å². The molecule has 1 aromatic heterocycles. The van der Waals surface area contributed by atoms with Gasteiger partial charge in [-0.15, -0.1) is 0 Å². The van der Waals surface area contributed by atoms with Gasteiger partial charge in [-0.05, 0) is 0 Å². The fraction of sp³-hybridized carbons (Fsp3) is 0.500. The summed E-state index contributed by atoms with van der Waals surface area (Å²) >= 11 is 0. The van der Waals surface area contributed by atoms with E-state index in [4.69, 9.17) is 0 Å². The Hall–Kier alpha value is -1.21. The molecule has 0 saturated carbocycles. The van der Waals surface area contributed by atoms with Crippen molar-refractivity contribution in [2.75, 3.05) is 0 Å². The van der Waals surface area contributed by atoms with Crippen molar-refractivity contribution in [3.05, 3.63) is 12.2 Å². The van der Waals surface area contributed by atoms with Crippen LogP contribution in [0.5, 0.6) is 0 Å². The Morgan fingerprint density at radius 2 is 1.75 bits per heavy atom. The van der Waals surface area contributed by atoms with Crippen LogP contribution in [-0.2, 0) is 5.92 Å². The zero-order valence-electron chi connectivity index (χ0n) is 5.27. The molecule has 0 atom stereocenters. The largest absolute Gasteiger partial charge is 0.461 e. The summed E-state index contributed by atoms with van der Waals surface area (Å²) in [5.74, 6) is -6.74. The summed E-state index contributed by atoms with van der Waals surface area (Å²) in [6.45, 7) is 0. The van der Waals surface area contributed by atoms with E-state index in [2.05, 4.69) is 14.7 Å². The third-order valence-electron chi connectivity index (χ3n) is 0.998. The number of halogens is 5. The predicted octanol–water partition coefficient (Wildman–Crippen LogP) is 1.72. The van der Waals surface area contributed by atoms with Crippen LogP contribution < -0.4 is 0 Å². The Balaban J connectivity index is 3.02. The van der Waals surface area contributed by atoms with Gasteiger partial charge in [0.2, 0.25) is 6.39 Å². The quantitative estimate of drug-likeness (QED) is 0.630.